The van der Waals surface area contributed by atoms with Crippen molar-refractivity contribution in [2.75, 3.05) is 26.2 Å². The van der Waals surface area contributed by atoms with E-state index < -0.39 is 0 Å². The van der Waals surface area contributed by atoms with Gasteiger partial charge >= 0.3 is 0 Å². The first-order chi connectivity index (χ1) is 9.38. The van der Waals surface area contributed by atoms with Crippen molar-refractivity contribution in [3.8, 4) is 0 Å². The lowest BCUT2D eigenvalue weighted by Crippen LogP contribution is -2.32. The quantitative estimate of drug-likeness (QED) is 0.798. The second-order valence-corrected chi connectivity index (χ2v) is 5.58. The van der Waals surface area contributed by atoms with Gasteiger partial charge in [0.15, 0.2) is 0 Å². The molecule has 1 aromatic rings. The first-order valence-corrected chi connectivity index (χ1v) is 7.70. The van der Waals surface area contributed by atoms with Gasteiger partial charge in [-0.15, -0.1) is 0 Å². The monoisotopic (exact) mass is 261 g/mol. The summed E-state index contributed by atoms with van der Waals surface area (Å²) in [6, 6.07) is 4.12. The smallest absolute Gasteiger partial charge is 0.0312 e. The Labute approximate surface area is 117 Å². The van der Waals surface area contributed by atoms with Crippen LogP contribution in [0.15, 0.2) is 24.5 Å². The van der Waals surface area contributed by atoms with Crippen LogP contribution in [0.1, 0.15) is 38.2 Å². The fourth-order valence-corrected chi connectivity index (χ4v) is 2.83. The van der Waals surface area contributed by atoms with E-state index in [1.807, 2.05) is 18.5 Å². The molecule has 3 nitrogen and oxygen atoms in total. The second-order valence-electron chi connectivity index (χ2n) is 5.58. The van der Waals surface area contributed by atoms with Gasteiger partial charge in [0.05, 0.1) is 0 Å². The molecule has 19 heavy (non-hydrogen) atoms. The summed E-state index contributed by atoms with van der Waals surface area (Å²) in [6.45, 7) is 8.08. The molecule has 1 fully saturated rings. The zero-order valence-electron chi connectivity index (χ0n) is 12.1. The number of pyridine rings is 1. The molecule has 0 bridgehead atoms. The van der Waals surface area contributed by atoms with Crippen LogP contribution in [0, 0.1) is 5.92 Å². The van der Waals surface area contributed by atoms with E-state index in [1.54, 1.807) is 0 Å². The summed E-state index contributed by atoms with van der Waals surface area (Å²) in [6.07, 6.45) is 9.30. The number of aromatic nitrogens is 1. The highest BCUT2D eigenvalue weighted by molar-refractivity contribution is 5.07. The summed E-state index contributed by atoms with van der Waals surface area (Å²) in [4.78, 5) is 6.75. The number of likely N-dealkylation sites (tertiary alicyclic amines) is 1. The minimum absolute atomic E-state index is 0.930. The lowest BCUT2D eigenvalue weighted by molar-refractivity contribution is 0.279. The van der Waals surface area contributed by atoms with Crippen LogP contribution in [-0.2, 0) is 6.54 Å². The van der Waals surface area contributed by atoms with Crippen LogP contribution in [0.25, 0.3) is 0 Å². The fraction of sp³-hybridized carbons (Fsp3) is 0.688. The topological polar surface area (TPSA) is 28.2 Å². The molecule has 1 N–H and O–H groups in total. The van der Waals surface area contributed by atoms with Gasteiger partial charge in [0.2, 0.25) is 0 Å². The van der Waals surface area contributed by atoms with E-state index in [-0.39, 0.29) is 0 Å². The molecule has 1 atom stereocenters. The van der Waals surface area contributed by atoms with Gasteiger partial charge in [-0.2, -0.15) is 0 Å². The van der Waals surface area contributed by atoms with Crippen LogP contribution >= 0.6 is 0 Å². The van der Waals surface area contributed by atoms with Crippen LogP contribution in [0.4, 0.5) is 0 Å². The molecule has 1 aromatic heterocycles. The average molecular weight is 261 g/mol. The van der Waals surface area contributed by atoms with E-state index in [0.29, 0.717) is 0 Å². The number of nitrogens with one attached hydrogen (secondary N) is 1. The Morgan fingerprint density at radius 3 is 3.11 bits per heavy atom. The van der Waals surface area contributed by atoms with Crippen molar-refractivity contribution >= 4 is 0 Å². The van der Waals surface area contributed by atoms with E-state index in [2.05, 4.69) is 28.2 Å². The third kappa shape index (κ3) is 5.29. The number of nitrogens with zero attached hydrogens (tertiary/aromatic N) is 2. The predicted molar refractivity (Wildman–Crippen MR) is 80.0 cm³/mol. The second kappa shape index (κ2) is 8.28. The molecule has 0 radical (unpaired) electrons. The normalized spacial score (nSPS) is 21.2. The van der Waals surface area contributed by atoms with E-state index in [1.165, 1.54) is 50.9 Å². The third-order valence-corrected chi connectivity index (χ3v) is 4.17. The summed E-state index contributed by atoms with van der Waals surface area (Å²) >= 11 is 0. The van der Waals surface area contributed by atoms with Gasteiger partial charge in [-0.1, -0.05) is 19.4 Å². The Morgan fingerprint density at radius 1 is 1.37 bits per heavy atom. The Balaban J connectivity index is 1.60. The van der Waals surface area contributed by atoms with Crippen LogP contribution in [0.5, 0.6) is 0 Å². The van der Waals surface area contributed by atoms with Crippen molar-refractivity contribution in [1.29, 1.82) is 0 Å². The molecule has 2 rings (SSSR count). The minimum Gasteiger partial charge on any atom is -0.311 e. The minimum atomic E-state index is 0.930. The molecule has 1 aliphatic rings. The molecule has 1 unspecified atom stereocenters. The van der Waals surface area contributed by atoms with Gasteiger partial charge in [0.25, 0.3) is 0 Å². The molecular formula is C16H27N3. The maximum absolute atomic E-state index is 4.13. The predicted octanol–water partition coefficient (Wildman–Crippen LogP) is 2.68. The molecule has 3 heteroatoms. The first-order valence-electron chi connectivity index (χ1n) is 7.70. The molecule has 2 heterocycles. The molecule has 1 aliphatic heterocycles. The highest BCUT2D eigenvalue weighted by Crippen LogP contribution is 2.19. The number of hydrogen-bond acceptors (Lipinski definition) is 3. The molecule has 0 aliphatic carbocycles. The summed E-state index contributed by atoms with van der Waals surface area (Å²) in [5.74, 6) is 0.966. The third-order valence-electron chi connectivity index (χ3n) is 4.17. The Kier molecular flexibility index (Phi) is 6.31. The lowest BCUT2D eigenvalue weighted by Gasteiger charge is -2.20. The van der Waals surface area contributed by atoms with E-state index >= 15 is 0 Å². The Hall–Kier alpha value is -0.930. The summed E-state index contributed by atoms with van der Waals surface area (Å²) in [5.41, 5.74) is 1.27. The summed E-state index contributed by atoms with van der Waals surface area (Å²) in [5, 5.41) is 3.51. The largest absolute Gasteiger partial charge is 0.311 e. The van der Waals surface area contributed by atoms with Crippen molar-refractivity contribution in [3.05, 3.63) is 30.1 Å². The number of hydrogen-bond donors (Lipinski definition) is 1. The van der Waals surface area contributed by atoms with Gasteiger partial charge in [0.1, 0.15) is 0 Å². The average Bonchev–Trinajstić information content (AvgIpc) is 2.70. The lowest BCUT2D eigenvalue weighted by atomic mass is 9.98. The molecule has 0 spiro atoms. The van der Waals surface area contributed by atoms with Crippen molar-refractivity contribution in [2.24, 2.45) is 5.92 Å². The van der Waals surface area contributed by atoms with Crippen molar-refractivity contribution in [2.45, 2.75) is 39.2 Å². The molecular weight excluding hydrogens is 234 g/mol. The molecule has 106 valence electrons. The molecule has 0 saturated carbocycles. The van der Waals surface area contributed by atoms with Crippen molar-refractivity contribution < 1.29 is 0 Å². The standard InChI is InChI=1S/C16H27N3/c1-2-15-6-4-10-19(11-7-15)12-9-18-14-16-5-3-8-17-13-16/h3,5,8,13,15,18H,2,4,6-7,9-12,14H2,1H3. The number of rotatable bonds is 6. The maximum atomic E-state index is 4.13. The van der Waals surface area contributed by atoms with Gasteiger partial charge in [0, 0.05) is 32.0 Å². The van der Waals surface area contributed by atoms with Gasteiger partial charge in [-0.3, -0.25) is 4.98 Å². The zero-order chi connectivity index (χ0) is 13.3. The van der Waals surface area contributed by atoms with E-state index in [0.717, 1.165) is 19.0 Å². The maximum Gasteiger partial charge on any atom is 0.0312 e. The molecule has 1 saturated heterocycles. The summed E-state index contributed by atoms with van der Waals surface area (Å²) < 4.78 is 0. The van der Waals surface area contributed by atoms with Gasteiger partial charge in [-0.05, 0) is 49.9 Å². The van der Waals surface area contributed by atoms with Crippen LogP contribution in [0.2, 0.25) is 0 Å². The Morgan fingerprint density at radius 2 is 2.32 bits per heavy atom. The highest BCUT2D eigenvalue weighted by Gasteiger charge is 2.14. The molecule has 0 amide bonds. The van der Waals surface area contributed by atoms with Gasteiger partial charge < -0.3 is 10.2 Å². The van der Waals surface area contributed by atoms with Gasteiger partial charge in [-0.25, -0.2) is 0 Å². The fourth-order valence-electron chi connectivity index (χ4n) is 2.83. The van der Waals surface area contributed by atoms with E-state index in [4.69, 9.17) is 0 Å². The van der Waals surface area contributed by atoms with Crippen LogP contribution < -0.4 is 5.32 Å². The SMILES string of the molecule is CCC1CCCN(CCNCc2cccnc2)CC1. The van der Waals surface area contributed by atoms with Crippen molar-refractivity contribution in [3.63, 3.8) is 0 Å². The van der Waals surface area contributed by atoms with Crippen LogP contribution in [0.3, 0.4) is 0 Å². The highest BCUT2D eigenvalue weighted by atomic mass is 15.1. The van der Waals surface area contributed by atoms with Crippen molar-refractivity contribution in [1.82, 2.24) is 15.2 Å². The molecule has 0 aromatic carbocycles. The van der Waals surface area contributed by atoms with Crippen LogP contribution in [-0.4, -0.2) is 36.1 Å². The van der Waals surface area contributed by atoms with E-state index in [9.17, 15) is 0 Å². The summed E-state index contributed by atoms with van der Waals surface area (Å²) in [7, 11) is 0. The zero-order valence-corrected chi connectivity index (χ0v) is 12.1. The Bertz CT molecular complexity index is 339. The first kappa shape index (κ1) is 14.5.